The fourth-order valence-corrected chi connectivity index (χ4v) is 2.08. The highest BCUT2D eigenvalue weighted by molar-refractivity contribution is 14.1. The molecule has 2 rings (SSSR count). The van der Waals surface area contributed by atoms with E-state index in [0.29, 0.717) is 6.42 Å². The van der Waals surface area contributed by atoms with E-state index in [1.807, 2.05) is 83.1 Å². The van der Waals surface area contributed by atoms with Gasteiger partial charge in [-0.1, -0.05) is 64.1 Å². The Kier molecular flexibility index (Phi) is 10.9. The normalized spacial score (nSPS) is 8.86. The first-order valence-corrected chi connectivity index (χ1v) is 8.58. The lowest BCUT2D eigenvalue weighted by atomic mass is 10.00. The first kappa shape index (κ1) is 19.8. The average Bonchev–Trinajstić information content (AvgIpc) is 2.54. The van der Waals surface area contributed by atoms with Gasteiger partial charge in [-0.05, 0) is 52.8 Å². The van der Waals surface area contributed by atoms with Crippen molar-refractivity contribution in [2.45, 2.75) is 41.0 Å². The predicted octanol–water partition coefficient (Wildman–Crippen LogP) is 6.08. The number of hydrogen-bond acceptors (Lipinski definition) is 1. The number of aryl methyl sites for hydroxylation is 1. The lowest BCUT2D eigenvalue weighted by molar-refractivity contribution is 0.0993. The minimum atomic E-state index is 0.177. The van der Waals surface area contributed by atoms with Crippen LogP contribution in [0.1, 0.15) is 49.2 Å². The van der Waals surface area contributed by atoms with Crippen molar-refractivity contribution in [3.8, 4) is 0 Å². The molecule has 0 atom stereocenters. The summed E-state index contributed by atoms with van der Waals surface area (Å²) in [5, 5.41) is 0. The van der Waals surface area contributed by atoms with Crippen LogP contribution >= 0.6 is 22.6 Å². The zero-order valence-corrected chi connectivity index (χ0v) is 15.8. The predicted molar refractivity (Wildman–Crippen MR) is 101 cm³/mol. The third-order valence-corrected chi connectivity index (χ3v) is 3.50. The lowest BCUT2D eigenvalue weighted by Crippen LogP contribution is -2.04. The zero-order chi connectivity index (χ0) is 16.3. The van der Waals surface area contributed by atoms with E-state index >= 15 is 0 Å². The van der Waals surface area contributed by atoms with Crippen LogP contribution in [0.15, 0.2) is 48.5 Å². The van der Waals surface area contributed by atoms with Gasteiger partial charge >= 0.3 is 0 Å². The lowest BCUT2D eigenvalue weighted by Gasteiger charge is -2.05. The highest BCUT2D eigenvalue weighted by Gasteiger charge is 2.08. The molecule has 114 valence electrons. The van der Waals surface area contributed by atoms with Crippen molar-refractivity contribution in [1.82, 2.24) is 0 Å². The van der Waals surface area contributed by atoms with Gasteiger partial charge in [-0.25, -0.2) is 0 Å². The van der Waals surface area contributed by atoms with Crippen LogP contribution in [0.4, 0.5) is 0 Å². The summed E-state index contributed by atoms with van der Waals surface area (Å²) in [5.41, 5.74) is 3.07. The number of carbonyl (C=O) groups excluding carboxylic acids is 1. The molecule has 0 saturated carbocycles. The molecule has 0 aliphatic carbocycles. The molecule has 0 N–H and O–H groups in total. The molecule has 1 nitrogen and oxygen atoms in total. The standard InChI is InChI=1S/C15H13IO.2C2H6/c1-11-4-2-3-5-13(11)10-15(17)12-6-8-14(16)9-7-12;2*1-2/h2-9H,10H2,1H3;2*1-2H3. The van der Waals surface area contributed by atoms with Gasteiger partial charge < -0.3 is 0 Å². The number of rotatable bonds is 3. The van der Waals surface area contributed by atoms with Crippen molar-refractivity contribution in [3.05, 3.63) is 68.8 Å². The van der Waals surface area contributed by atoms with Crippen molar-refractivity contribution in [1.29, 1.82) is 0 Å². The van der Waals surface area contributed by atoms with E-state index in [1.54, 1.807) is 0 Å². The molecule has 0 unspecified atom stereocenters. The monoisotopic (exact) mass is 396 g/mol. The maximum absolute atomic E-state index is 12.1. The number of Topliss-reactive ketones (excluding diaryl/α,β-unsaturated/α-hetero) is 1. The largest absolute Gasteiger partial charge is 0.294 e. The molecule has 0 spiro atoms. The number of hydrogen-bond donors (Lipinski definition) is 0. The fraction of sp³-hybridized carbons (Fsp3) is 0.316. The summed E-state index contributed by atoms with van der Waals surface area (Å²) in [4.78, 5) is 12.1. The minimum absolute atomic E-state index is 0.177. The van der Waals surface area contributed by atoms with Crippen molar-refractivity contribution in [2.75, 3.05) is 0 Å². The SMILES string of the molecule is CC.CC.Cc1ccccc1CC(=O)c1ccc(I)cc1. The summed E-state index contributed by atoms with van der Waals surface area (Å²) in [6.07, 6.45) is 0.479. The third kappa shape index (κ3) is 6.89. The van der Waals surface area contributed by atoms with E-state index in [4.69, 9.17) is 0 Å². The molecule has 0 saturated heterocycles. The van der Waals surface area contributed by atoms with Crippen LogP contribution in [0.3, 0.4) is 0 Å². The van der Waals surface area contributed by atoms with Gasteiger partial charge in [0.25, 0.3) is 0 Å². The van der Waals surface area contributed by atoms with E-state index < -0.39 is 0 Å². The number of benzene rings is 2. The van der Waals surface area contributed by atoms with Crippen LogP contribution in [-0.2, 0) is 6.42 Å². The van der Waals surface area contributed by atoms with Crippen LogP contribution in [0, 0.1) is 10.5 Å². The molecule has 0 fully saturated rings. The first-order chi connectivity index (χ1) is 10.2. The first-order valence-electron chi connectivity index (χ1n) is 7.50. The Hall–Kier alpha value is -1.16. The van der Waals surface area contributed by atoms with E-state index in [1.165, 1.54) is 5.56 Å². The van der Waals surface area contributed by atoms with Gasteiger partial charge in [0.15, 0.2) is 5.78 Å². The Morgan fingerprint density at radius 1 is 0.905 bits per heavy atom. The van der Waals surface area contributed by atoms with E-state index in [0.717, 1.165) is 14.7 Å². The minimum Gasteiger partial charge on any atom is -0.294 e. The Bertz CT molecular complexity index is 530. The van der Waals surface area contributed by atoms with Crippen LogP contribution < -0.4 is 0 Å². The molecule has 0 aromatic heterocycles. The van der Waals surface area contributed by atoms with Crippen molar-refractivity contribution >= 4 is 28.4 Å². The highest BCUT2D eigenvalue weighted by Crippen LogP contribution is 2.13. The second-order valence-corrected chi connectivity index (χ2v) is 5.28. The van der Waals surface area contributed by atoms with E-state index in [2.05, 4.69) is 22.6 Å². The van der Waals surface area contributed by atoms with Crippen LogP contribution in [0.5, 0.6) is 0 Å². The molecular weight excluding hydrogens is 371 g/mol. The Balaban J connectivity index is 0.000000921. The molecule has 0 amide bonds. The molecule has 0 heterocycles. The second-order valence-electron chi connectivity index (χ2n) is 4.03. The van der Waals surface area contributed by atoms with Crippen molar-refractivity contribution in [3.63, 3.8) is 0 Å². The number of carbonyl (C=O) groups is 1. The topological polar surface area (TPSA) is 17.1 Å². The highest BCUT2D eigenvalue weighted by atomic mass is 127. The number of halogens is 1. The van der Waals surface area contributed by atoms with Crippen LogP contribution in [-0.4, -0.2) is 5.78 Å². The summed E-state index contributed by atoms with van der Waals surface area (Å²) < 4.78 is 1.15. The molecule has 0 aliphatic heterocycles. The van der Waals surface area contributed by atoms with Gasteiger partial charge in [0.05, 0.1) is 0 Å². The summed E-state index contributed by atoms with van der Waals surface area (Å²) in [6, 6.07) is 15.7. The van der Waals surface area contributed by atoms with Gasteiger partial charge in [-0.15, -0.1) is 0 Å². The van der Waals surface area contributed by atoms with E-state index in [-0.39, 0.29) is 5.78 Å². The van der Waals surface area contributed by atoms with Gasteiger partial charge in [-0.2, -0.15) is 0 Å². The van der Waals surface area contributed by atoms with E-state index in [9.17, 15) is 4.79 Å². The van der Waals surface area contributed by atoms with Crippen molar-refractivity contribution in [2.24, 2.45) is 0 Å². The molecule has 2 aromatic rings. The fourth-order valence-electron chi connectivity index (χ4n) is 1.72. The molecule has 2 aromatic carbocycles. The maximum Gasteiger partial charge on any atom is 0.167 e. The van der Waals surface area contributed by atoms with Gasteiger partial charge in [-0.3, -0.25) is 4.79 Å². The summed E-state index contributed by atoms with van der Waals surface area (Å²) >= 11 is 2.24. The quantitative estimate of drug-likeness (QED) is 0.454. The third-order valence-electron chi connectivity index (χ3n) is 2.78. The molecule has 0 radical (unpaired) electrons. The van der Waals surface area contributed by atoms with Gasteiger partial charge in [0.2, 0.25) is 0 Å². The Morgan fingerprint density at radius 2 is 1.43 bits per heavy atom. The second kappa shape index (κ2) is 11.5. The van der Waals surface area contributed by atoms with Crippen LogP contribution in [0.25, 0.3) is 0 Å². The van der Waals surface area contributed by atoms with Crippen LogP contribution in [0.2, 0.25) is 0 Å². The zero-order valence-electron chi connectivity index (χ0n) is 13.6. The summed E-state index contributed by atoms with van der Waals surface area (Å²) in [5.74, 6) is 0.177. The smallest absolute Gasteiger partial charge is 0.167 e. The Labute approximate surface area is 142 Å². The molecule has 2 heteroatoms. The van der Waals surface area contributed by atoms with Gasteiger partial charge in [0.1, 0.15) is 0 Å². The van der Waals surface area contributed by atoms with Gasteiger partial charge in [0, 0.05) is 15.6 Å². The molecule has 0 bridgehead atoms. The summed E-state index contributed by atoms with van der Waals surface area (Å²) in [7, 11) is 0. The summed E-state index contributed by atoms with van der Waals surface area (Å²) in [6.45, 7) is 10.0. The molecule has 21 heavy (non-hydrogen) atoms. The number of ketones is 1. The maximum atomic E-state index is 12.1. The average molecular weight is 396 g/mol. The Morgan fingerprint density at radius 3 is 1.95 bits per heavy atom. The molecular formula is C19H25IO. The van der Waals surface area contributed by atoms with Crippen molar-refractivity contribution < 1.29 is 4.79 Å². The molecule has 0 aliphatic rings.